The molecule has 0 saturated heterocycles. The van der Waals surface area contributed by atoms with Gasteiger partial charge in [-0.15, -0.1) is 0 Å². The summed E-state index contributed by atoms with van der Waals surface area (Å²) in [5.74, 6) is -0.0640. The minimum Gasteiger partial charge on any atom is -0.276 e. The Bertz CT molecular complexity index is 861. The van der Waals surface area contributed by atoms with Gasteiger partial charge in [-0.2, -0.15) is 0 Å². The first-order chi connectivity index (χ1) is 10.1. The van der Waals surface area contributed by atoms with Gasteiger partial charge in [-0.3, -0.25) is 9.36 Å². The normalized spacial score (nSPS) is 10.8. The maximum absolute atomic E-state index is 12.6. The Morgan fingerprint density at radius 2 is 1.76 bits per heavy atom. The second kappa shape index (κ2) is 5.48. The number of fused-ring (bicyclic) bond motifs is 1. The summed E-state index contributed by atoms with van der Waals surface area (Å²) in [4.78, 5) is 12.6. The summed E-state index contributed by atoms with van der Waals surface area (Å²) in [5, 5.41) is 1.06. The fourth-order valence-corrected chi connectivity index (χ4v) is 3.10. The number of aromatic nitrogens is 1. The molecular formula is C18H14INO. The second-order valence-electron chi connectivity index (χ2n) is 4.99. The van der Waals surface area contributed by atoms with Gasteiger partial charge in [0.1, 0.15) is 0 Å². The lowest BCUT2D eigenvalue weighted by atomic mass is 10.1. The predicted molar refractivity (Wildman–Crippen MR) is 95.5 cm³/mol. The molecule has 0 unspecified atom stereocenters. The highest BCUT2D eigenvalue weighted by Crippen LogP contribution is 2.31. The molecular weight excluding hydrogens is 373 g/mol. The molecule has 2 nitrogen and oxygen atoms in total. The van der Waals surface area contributed by atoms with Crippen LogP contribution < -0.4 is 0 Å². The molecule has 0 aliphatic rings. The van der Waals surface area contributed by atoms with Crippen molar-refractivity contribution in [3.8, 4) is 11.3 Å². The van der Waals surface area contributed by atoms with E-state index in [9.17, 15) is 4.79 Å². The maximum Gasteiger partial charge on any atom is 0.257 e. The molecule has 3 rings (SSSR count). The molecule has 1 heterocycles. The van der Waals surface area contributed by atoms with Crippen LogP contribution in [0.4, 0.5) is 0 Å². The molecule has 0 saturated carbocycles. The highest BCUT2D eigenvalue weighted by Gasteiger charge is 2.17. The number of allylic oxidation sites excluding steroid dienone is 1. The number of benzene rings is 2. The van der Waals surface area contributed by atoms with Gasteiger partial charge >= 0.3 is 0 Å². The van der Waals surface area contributed by atoms with Crippen LogP contribution in [0.25, 0.3) is 22.2 Å². The summed E-state index contributed by atoms with van der Waals surface area (Å²) in [6, 6.07) is 18.1. The lowest BCUT2D eigenvalue weighted by Gasteiger charge is -2.10. The topological polar surface area (TPSA) is 22.0 Å². The monoisotopic (exact) mass is 387 g/mol. The summed E-state index contributed by atoms with van der Waals surface area (Å²) in [7, 11) is 0. The van der Waals surface area contributed by atoms with Crippen molar-refractivity contribution in [3.63, 3.8) is 0 Å². The number of hydrogen-bond donors (Lipinski definition) is 0. The zero-order valence-electron chi connectivity index (χ0n) is 11.6. The van der Waals surface area contributed by atoms with Gasteiger partial charge in [-0.25, -0.2) is 0 Å². The number of carbonyl (C=O) groups excluding carboxylic acids is 1. The van der Waals surface area contributed by atoms with Crippen molar-refractivity contribution in [2.75, 3.05) is 0 Å². The zero-order valence-corrected chi connectivity index (χ0v) is 13.8. The van der Waals surface area contributed by atoms with E-state index in [4.69, 9.17) is 0 Å². The summed E-state index contributed by atoms with van der Waals surface area (Å²) in [6.07, 6.45) is 0. The minimum absolute atomic E-state index is 0.0640. The van der Waals surface area contributed by atoms with Crippen molar-refractivity contribution < 1.29 is 4.79 Å². The molecule has 0 amide bonds. The van der Waals surface area contributed by atoms with Gasteiger partial charge in [-0.05, 0) is 47.7 Å². The van der Waals surface area contributed by atoms with Crippen LogP contribution in [0, 0.1) is 3.57 Å². The third-order valence-corrected chi connectivity index (χ3v) is 4.37. The van der Waals surface area contributed by atoms with Crippen LogP contribution in [0.2, 0.25) is 0 Å². The highest BCUT2D eigenvalue weighted by molar-refractivity contribution is 14.1. The van der Waals surface area contributed by atoms with Crippen LogP contribution in [-0.2, 0) is 0 Å². The first-order valence-electron chi connectivity index (χ1n) is 6.65. The molecule has 0 N–H and O–H groups in total. The molecule has 0 aliphatic carbocycles. The Hall–Kier alpha value is -1.88. The van der Waals surface area contributed by atoms with E-state index < -0.39 is 0 Å². The third kappa shape index (κ3) is 2.42. The highest BCUT2D eigenvalue weighted by atomic mass is 127. The molecule has 2 aromatic carbocycles. The van der Waals surface area contributed by atoms with Gasteiger partial charge in [0.2, 0.25) is 0 Å². The molecule has 3 aromatic rings. The Balaban J connectivity index is 2.37. The molecule has 0 bridgehead atoms. The largest absolute Gasteiger partial charge is 0.276 e. The fourth-order valence-electron chi connectivity index (χ4n) is 2.43. The predicted octanol–water partition coefficient (Wildman–Crippen LogP) is 5.13. The molecule has 104 valence electrons. The van der Waals surface area contributed by atoms with Crippen LogP contribution in [0.3, 0.4) is 0 Å². The quantitative estimate of drug-likeness (QED) is 0.442. The summed E-state index contributed by atoms with van der Waals surface area (Å²) >= 11 is 2.30. The van der Waals surface area contributed by atoms with Gasteiger partial charge < -0.3 is 0 Å². The van der Waals surface area contributed by atoms with Gasteiger partial charge in [0.15, 0.2) is 0 Å². The average molecular weight is 387 g/mol. The van der Waals surface area contributed by atoms with E-state index >= 15 is 0 Å². The molecule has 3 heteroatoms. The number of hydrogen-bond acceptors (Lipinski definition) is 1. The molecule has 21 heavy (non-hydrogen) atoms. The van der Waals surface area contributed by atoms with E-state index in [2.05, 4.69) is 35.2 Å². The van der Waals surface area contributed by atoms with Crippen molar-refractivity contribution >= 4 is 39.4 Å². The smallest absolute Gasteiger partial charge is 0.257 e. The second-order valence-corrected chi connectivity index (χ2v) is 6.15. The van der Waals surface area contributed by atoms with Crippen LogP contribution in [0.5, 0.6) is 0 Å². The Morgan fingerprint density at radius 3 is 2.48 bits per heavy atom. The lowest BCUT2D eigenvalue weighted by molar-refractivity contribution is 0.0962. The molecule has 0 radical (unpaired) electrons. The third-order valence-electron chi connectivity index (χ3n) is 3.43. The van der Waals surface area contributed by atoms with Gasteiger partial charge in [0.05, 0.1) is 11.2 Å². The van der Waals surface area contributed by atoms with Crippen LogP contribution in [0.1, 0.15) is 11.7 Å². The van der Waals surface area contributed by atoms with Gasteiger partial charge in [-0.1, -0.05) is 43.0 Å². The van der Waals surface area contributed by atoms with E-state index in [0.717, 1.165) is 25.7 Å². The molecule has 0 atom stereocenters. The van der Waals surface area contributed by atoms with E-state index in [-0.39, 0.29) is 5.91 Å². The van der Waals surface area contributed by atoms with E-state index in [1.807, 2.05) is 48.5 Å². The average Bonchev–Trinajstić information content (AvgIpc) is 2.85. The SMILES string of the molecule is C=C(C)C(=O)n1c(-c2ccccc2I)cc2ccccc21. The summed E-state index contributed by atoms with van der Waals surface area (Å²) in [6.45, 7) is 5.55. The van der Waals surface area contributed by atoms with Gasteiger partial charge in [0, 0.05) is 20.1 Å². The summed E-state index contributed by atoms with van der Waals surface area (Å²) in [5.41, 5.74) is 3.42. The van der Waals surface area contributed by atoms with Crippen molar-refractivity contribution in [2.24, 2.45) is 0 Å². The van der Waals surface area contributed by atoms with E-state index in [1.54, 1.807) is 11.5 Å². The van der Waals surface area contributed by atoms with Crippen molar-refractivity contribution in [3.05, 3.63) is 70.3 Å². The Kier molecular flexibility index (Phi) is 3.68. The van der Waals surface area contributed by atoms with Crippen LogP contribution in [0.15, 0.2) is 66.7 Å². The lowest BCUT2D eigenvalue weighted by Crippen LogP contribution is -2.12. The number of carbonyl (C=O) groups is 1. The Labute approximate surface area is 137 Å². The first-order valence-corrected chi connectivity index (χ1v) is 7.73. The van der Waals surface area contributed by atoms with Crippen LogP contribution in [-0.4, -0.2) is 10.5 Å². The Morgan fingerprint density at radius 1 is 1.10 bits per heavy atom. The van der Waals surface area contributed by atoms with Crippen molar-refractivity contribution in [1.29, 1.82) is 0 Å². The molecule has 0 aliphatic heterocycles. The van der Waals surface area contributed by atoms with Gasteiger partial charge in [0.25, 0.3) is 5.91 Å². The van der Waals surface area contributed by atoms with E-state index in [1.165, 1.54) is 0 Å². The maximum atomic E-state index is 12.6. The number of nitrogens with zero attached hydrogens (tertiary/aromatic N) is 1. The fraction of sp³-hybridized carbons (Fsp3) is 0.0556. The number of rotatable bonds is 2. The number of halogens is 1. The van der Waals surface area contributed by atoms with E-state index in [0.29, 0.717) is 5.57 Å². The zero-order chi connectivity index (χ0) is 15.0. The molecule has 1 aromatic heterocycles. The minimum atomic E-state index is -0.0640. The molecule has 0 fully saturated rings. The van der Waals surface area contributed by atoms with Crippen molar-refractivity contribution in [2.45, 2.75) is 6.92 Å². The first kappa shape index (κ1) is 14.1. The molecule has 0 spiro atoms. The number of para-hydroxylation sites is 1. The van der Waals surface area contributed by atoms with Crippen LogP contribution >= 0.6 is 22.6 Å². The van der Waals surface area contributed by atoms with Crippen molar-refractivity contribution in [1.82, 2.24) is 4.57 Å². The standard InChI is InChI=1S/C18H14INO/c1-12(2)18(21)20-16-10-6-3-7-13(16)11-17(20)14-8-4-5-9-15(14)19/h3-11H,1H2,2H3. The summed E-state index contributed by atoms with van der Waals surface area (Å²) < 4.78 is 2.88.